The van der Waals surface area contributed by atoms with E-state index in [1.165, 1.54) is 22.7 Å². The predicted molar refractivity (Wildman–Crippen MR) is 140 cm³/mol. The minimum absolute atomic E-state index is 0.161. The number of hydrogen-bond acceptors (Lipinski definition) is 8. The van der Waals surface area contributed by atoms with Crippen LogP contribution in [0, 0.1) is 23.2 Å². The number of thiophene rings is 2. The fourth-order valence-electron chi connectivity index (χ4n) is 5.72. The number of fused-ring (bicyclic) bond motifs is 2. The number of benzene rings is 1. The van der Waals surface area contributed by atoms with Crippen LogP contribution < -0.4 is 4.74 Å². The van der Waals surface area contributed by atoms with Gasteiger partial charge >= 0.3 is 5.97 Å². The van der Waals surface area contributed by atoms with Gasteiger partial charge < -0.3 is 19.5 Å². The number of ether oxygens (including phenoxy) is 2. The molecule has 2 aliphatic carbocycles. The van der Waals surface area contributed by atoms with Crippen molar-refractivity contribution >= 4 is 28.6 Å². The normalized spacial score (nSPS) is 23.1. The molecule has 0 spiro atoms. The Balaban J connectivity index is 1.18. The molecule has 6 nitrogen and oxygen atoms in total. The molecular weight excluding hydrogens is 492 g/mol. The van der Waals surface area contributed by atoms with Gasteiger partial charge in [-0.1, -0.05) is 12.1 Å². The molecule has 4 atom stereocenters. The Morgan fingerprint density at radius 1 is 1.14 bits per heavy atom. The van der Waals surface area contributed by atoms with E-state index < -0.39 is 11.6 Å². The standard InChI is InChI=1S/C28H30N2O4S2/c1-30(13-4-14-33-21-10-7-19(18-29)8-11-21)23-17-20-9-12-22(23)26(20)34-27(31)28(32,24-5-2-15-35-24)25-6-3-16-36-25/h2-3,5-8,10-11,15-16,20,22-23,26,32H,4,9,12-14,17H2,1H3. The van der Waals surface area contributed by atoms with Crippen LogP contribution in [-0.4, -0.2) is 48.3 Å². The van der Waals surface area contributed by atoms with Crippen LogP contribution in [0.5, 0.6) is 5.75 Å². The molecule has 2 aliphatic rings. The van der Waals surface area contributed by atoms with Crippen molar-refractivity contribution in [2.75, 3.05) is 20.2 Å². The van der Waals surface area contributed by atoms with Gasteiger partial charge in [0.2, 0.25) is 5.60 Å². The van der Waals surface area contributed by atoms with Crippen molar-refractivity contribution in [3.8, 4) is 11.8 Å². The molecule has 8 heteroatoms. The Labute approximate surface area is 219 Å². The van der Waals surface area contributed by atoms with E-state index in [4.69, 9.17) is 14.7 Å². The molecule has 1 aromatic carbocycles. The van der Waals surface area contributed by atoms with Crippen molar-refractivity contribution in [3.63, 3.8) is 0 Å². The van der Waals surface area contributed by atoms with Crippen LogP contribution in [0.2, 0.25) is 0 Å². The molecule has 0 amide bonds. The topological polar surface area (TPSA) is 82.8 Å². The molecule has 1 N–H and O–H groups in total. The average molecular weight is 523 g/mol. The first-order valence-electron chi connectivity index (χ1n) is 12.4. The molecule has 2 fully saturated rings. The fourth-order valence-corrected chi connectivity index (χ4v) is 7.43. The molecule has 2 saturated carbocycles. The van der Waals surface area contributed by atoms with E-state index >= 15 is 0 Å². The van der Waals surface area contributed by atoms with Gasteiger partial charge in [0, 0.05) is 18.5 Å². The monoisotopic (exact) mass is 522 g/mol. The quantitative estimate of drug-likeness (QED) is 0.297. The second kappa shape index (κ2) is 10.7. The summed E-state index contributed by atoms with van der Waals surface area (Å²) in [7, 11) is 2.14. The number of carbonyl (C=O) groups is 1. The summed E-state index contributed by atoms with van der Waals surface area (Å²) in [6, 6.07) is 16.9. The van der Waals surface area contributed by atoms with Crippen LogP contribution >= 0.6 is 22.7 Å². The van der Waals surface area contributed by atoms with Gasteiger partial charge in [-0.2, -0.15) is 5.26 Å². The van der Waals surface area contributed by atoms with E-state index in [0.29, 0.717) is 33.9 Å². The van der Waals surface area contributed by atoms with Crippen LogP contribution in [0.25, 0.3) is 0 Å². The molecule has 0 aliphatic heterocycles. The van der Waals surface area contributed by atoms with Crippen molar-refractivity contribution in [1.82, 2.24) is 4.90 Å². The molecular formula is C28H30N2O4S2. The lowest BCUT2D eigenvalue weighted by atomic mass is 9.94. The lowest BCUT2D eigenvalue weighted by Gasteiger charge is -2.32. The largest absolute Gasteiger partial charge is 0.494 e. The van der Waals surface area contributed by atoms with E-state index in [-0.39, 0.29) is 12.0 Å². The molecule has 0 radical (unpaired) electrons. The molecule has 3 aromatic rings. The number of nitrogens with zero attached hydrogens (tertiary/aromatic N) is 2. The van der Waals surface area contributed by atoms with E-state index in [0.717, 1.165) is 38.0 Å². The van der Waals surface area contributed by atoms with Crippen molar-refractivity contribution in [1.29, 1.82) is 5.26 Å². The van der Waals surface area contributed by atoms with Gasteiger partial charge in [-0.25, -0.2) is 4.79 Å². The number of carbonyl (C=O) groups excluding carboxylic acids is 1. The van der Waals surface area contributed by atoms with Gasteiger partial charge in [-0.15, -0.1) is 22.7 Å². The third-order valence-electron chi connectivity index (χ3n) is 7.56. The van der Waals surface area contributed by atoms with Gasteiger partial charge in [-0.05, 0) is 85.8 Å². The minimum atomic E-state index is -1.76. The first-order valence-corrected chi connectivity index (χ1v) is 14.1. The summed E-state index contributed by atoms with van der Waals surface area (Å²) in [5.74, 6) is 0.817. The lowest BCUT2D eigenvalue weighted by Crippen LogP contribution is -2.42. The highest BCUT2D eigenvalue weighted by Crippen LogP contribution is 2.49. The fraction of sp³-hybridized carbons (Fsp3) is 0.429. The highest BCUT2D eigenvalue weighted by atomic mass is 32.1. The van der Waals surface area contributed by atoms with E-state index in [2.05, 4.69) is 18.0 Å². The highest BCUT2D eigenvalue weighted by molar-refractivity contribution is 7.12. The Bertz CT molecular complexity index is 1150. The highest BCUT2D eigenvalue weighted by Gasteiger charge is 2.54. The maximum Gasteiger partial charge on any atom is 0.349 e. The summed E-state index contributed by atoms with van der Waals surface area (Å²) < 4.78 is 12.0. The van der Waals surface area contributed by atoms with Gasteiger partial charge in [0.1, 0.15) is 11.9 Å². The summed E-state index contributed by atoms with van der Waals surface area (Å²) >= 11 is 2.74. The number of rotatable bonds is 10. The lowest BCUT2D eigenvalue weighted by molar-refractivity contribution is -0.170. The molecule has 2 aromatic heterocycles. The number of esters is 1. The van der Waals surface area contributed by atoms with Gasteiger partial charge in [0.05, 0.1) is 28.0 Å². The number of nitriles is 1. The predicted octanol–water partition coefficient (Wildman–Crippen LogP) is 5.03. The van der Waals surface area contributed by atoms with E-state index in [1.807, 2.05) is 35.0 Å². The summed E-state index contributed by atoms with van der Waals surface area (Å²) in [5.41, 5.74) is -1.13. The van der Waals surface area contributed by atoms with Gasteiger partial charge in [0.15, 0.2) is 0 Å². The first kappa shape index (κ1) is 25.0. The Kier molecular flexibility index (Phi) is 7.44. The average Bonchev–Trinajstić information content (AvgIpc) is 3.72. The first-order chi connectivity index (χ1) is 17.5. The van der Waals surface area contributed by atoms with Crippen LogP contribution in [0.1, 0.15) is 41.0 Å². The van der Waals surface area contributed by atoms with E-state index in [9.17, 15) is 9.90 Å². The van der Waals surface area contributed by atoms with E-state index in [1.54, 1.807) is 24.3 Å². The van der Waals surface area contributed by atoms with Crippen molar-refractivity contribution in [2.45, 2.75) is 43.4 Å². The Morgan fingerprint density at radius 3 is 2.44 bits per heavy atom. The molecule has 188 valence electrons. The zero-order valence-corrected chi connectivity index (χ0v) is 21.8. The summed E-state index contributed by atoms with van der Waals surface area (Å²) in [6.07, 6.45) is 3.82. The maximum absolute atomic E-state index is 13.5. The third kappa shape index (κ3) is 4.81. The zero-order valence-electron chi connectivity index (χ0n) is 20.2. The number of aliphatic hydroxyl groups is 1. The Morgan fingerprint density at radius 2 is 1.83 bits per heavy atom. The van der Waals surface area contributed by atoms with Crippen LogP contribution in [0.3, 0.4) is 0 Å². The Hall–Kier alpha value is -2.70. The van der Waals surface area contributed by atoms with Gasteiger partial charge in [0.25, 0.3) is 0 Å². The summed E-state index contributed by atoms with van der Waals surface area (Å²) in [4.78, 5) is 17.1. The zero-order chi connectivity index (χ0) is 25.1. The third-order valence-corrected chi connectivity index (χ3v) is 9.52. The second-order valence-electron chi connectivity index (χ2n) is 9.66. The van der Waals surface area contributed by atoms with Crippen molar-refractivity contribution in [3.05, 3.63) is 74.6 Å². The van der Waals surface area contributed by atoms with Gasteiger partial charge in [-0.3, -0.25) is 0 Å². The molecule has 5 rings (SSSR count). The summed E-state index contributed by atoms with van der Waals surface area (Å²) in [6.45, 7) is 1.49. The minimum Gasteiger partial charge on any atom is -0.494 e. The van der Waals surface area contributed by atoms with Crippen LogP contribution in [0.4, 0.5) is 0 Å². The number of hydrogen-bond donors (Lipinski definition) is 1. The van der Waals surface area contributed by atoms with Crippen molar-refractivity contribution in [2.24, 2.45) is 11.8 Å². The van der Waals surface area contributed by atoms with Crippen molar-refractivity contribution < 1.29 is 19.4 Å². The maximum atomic E-state index is 13.5. The molecule has 36 heavy (non-hydrogen) atoms. The van der Waals surface area contributed by atoms with Crippen LogP contribution in [-0.2, 0) is 15.1 Å². The molecule has 4 unspecified atom stereocenters. The SMILES string of the molecule is CN(CCCOc1ccc(C#N)cc1)C1CC2CCC1C2OC(=O)C(O)(c1cccs1)c1cccs1. The second-order valence-corrected chi connectivity index (χ2v) is 11.6. The molecule has 2 heterocycles. The smallest absolute Gasteiger partial charge is 0.349 e. The van der Waals surface area contributed by atoms with Crippen LogP contribution in [0.15, 0.2) is 59.3 Å². The molecule has 2 bridgehead atoms. The summed E-state index contributed by atoms with van der Waals surface area (Å²) in [5, 5.41) is 24.3. The molecule has 0 saturated heterocycles.